The lowest BCUT2D eigenvalue weighted by atomic mass is 10.5. The number of ether oxygens (including phenoxy) is 3. The fourth-order valence-corrected chi connectivity index (χ4v) is 2.18. The van der Waals surface area contributed by atoms with E-state index in [0.717, 1.165) is 6.08 Å². The molecule has 10 heteroatoms. The van der Waals surface area contributed by atoms with Crippen LogP contribution in [0.2, 0.25) is 0 Å². The summed E-state index contributed by atoms with van der Waals surface area (Å²) in [5.74, 6) is -2.77. The number of quaternary nitrogens is 1. The molecular formula is C14H29NO8P+. The number of hydrogen-bond donors (Lipinski definition) is 1. The van der Waals surface area contributed by atoms with E-state index in [4.69, 9.17) is 23.3 Å². The third-order valence-electron chi connectivity index (χ3n) is 2.57. The molecule has 9 nitrogen and oxygen atoms in total. The fourth-order valence-electron chi connectivity index (χ4n) is 1.48. The van der Waals surface area contributed by atoms with Gasteiger partial charge in [0.15, 0.2) is 6.61 Å². The molecule has 1 atom stereocenters. The number of carbonyl (C=O) groups is 1. The van der Waals surface area contributed by atoms with Crippen molar-refractivity contribution in [1.82, 2.24) is 0 Å². The molecule has 0 bridgehead atoms. The van der Waals surface area contributed by atoms with E-state index in [-0.39, 0.29) is 19.8 Å². The second-order valence-corrected chi connectivity index (χ2v) is 7.22. The average molecular weight is 370 g/mol. The summed E-state index contributed by atoms with van der Waals surface area (Å²) in [5, 5.41) is 0. The Morgan fingerprint density at radius 3 is 2.17 bits per heavy atom. The number of phosphoric acid groups is 1. The van der Waals surface area contributed by atoms with Gasteiger partial charge in [-0.25, -0.2) is 9.36 Å². The van der Waals surface area contributed by atoms with Crippen molar-refractivity contribution >= 4 is 13.8 Å². The van der Waals surface area contributed by atoms with E-state index in [2.05, 4.69) is 6.58 Å². The predicted octanol–water partition coefficient (Wildman–Crippen LogP) is 1.28. The van der Waals surface area contributed by atoms with Gasteiger partial charge in [-0.3, -0.25) is 9.05 Å². The summed E-state index contributed by atoms with van der Waals surface area (Å²) in [6.07, 6.45) is 0.920. The Morgan fingerprint density at radius 2 is 1.75 bits per heavy atom. The Hall–Kier alpha value is -0.800. The fraction of sp³-hybridized carbons (Fsp3) is 0.786. The normalized spacial score (nSPS) is 14.9. The van der Waals surface area contributed by atoms with Crippen LogP contribution in [0.4, 0.5) is 0 Å². The Morgan fingerprint density at radius 1 is 1.21 bits per heavy atom. The van der Waals surface area contributed by atoms with Gasteiger partial charge in [0, 0.05) is 6.08 Å². The molecule has 24 heavy (non-hydrogen) atoms. The molecule has 0 saturated carbocycles. The summed E-state index contributed by atoms with van der Waals surface area (Å²) < 4.78 is 37.8. The van der Waals surface area contributed by atoms with Crippen LogP contribution in [0, 0.1) is 0 Å². The van der Waals surface area contributed by atoms with Crippen LogP contribution in [0.3, 0.4) is 0 Å². The quantitative estimate of drug-likeness (QED) is 0.170. The molecule has 0 rings (SSSR count). The molecule has 0 aromatic heterocycles. The topological polar surface area (TPSA) is 101 Å². The van der Waals surface area contributed by atoms with Gasteiger partial charge in [0.05, 0.1) is 34.4 Å². The molecule has 0 amide bonds. The van der Waals surface area contributed by atoms with E-state index < -0.39 is 26.4 Å². The summed E-state index contributed by atoms with van der Waals surface area (Å²) in [6.45, 7) is 6.69. The van der Waals surface area contributed by atoms with Crippen molar-refractivity contribution in [3.8, 4) is 0 Å². The highest BCUT2D eigenvalue weighted by Gasteiger charge is 2.40. The predicted molar refractivity (Wildman–Crippen MR) is 86.9 cm³/mol. The molecule has 1 N–H and O–H groups in total. The first kappa shape index (κ1) is 23.2. The van der Waals surface area contributed by atoms with Gasteiger partial charge < -0.3 is 23.6 Å². The lowest BCUT2D eigenvalue weighted by Crippen LogP contribution is -2.45. The van der Waals surface area contributed by atoms with Crippen molar-refractivity contribution < 1.29 is 42.0 Å². The van der Waals surface area contributed by atoms with Gasteiger partial charge in [0.2, 0.25) is 0 Å². The molecule has 0 saturated heterocycles. The number of carbonyl (C=O) groups excluding carboxylic acids is 1. The molecule has 0 fully saturated rings. The first-order chi connectivity index (χ1) is 11.0. The lowest BCUT2D eigenvalue weighted by molar-refractivity contribution is -0.870. The highest BCUT2D eigenvalue weighted by atomic mass is 31.2. The van der Waals surface area contributed by atoms with E-state index >= 15 is 0 Å². The highest BCUT2D eigenvalue weighted by molar-refractivity contribution is 7.47. The van der Waals surface area contributed by atoms with Crippen molar-refractivity contribution in [1.29, 1.82) is 0 Å². The summed E-state index contributed by atoms with van der Waals surface area (Å²) in [4.78, 5) is 21.2. The first-order valence-corrected chi connectivity index (χ1v) is 9.04. The second kappa shape index (κ2) is 10.2. The lowest BCUT2D eigenvalue weighted by Gasteiger charge is -2.31. The third-order valence-corrected chi connectivity index (χ3v) is 3.54. The van der Waals surface area contributed by atoms with Crippen LogP contribution < -0.4 is 0 Å². The second-order valence-electron chi connectivity index (χ2n) is 5.76. The minimum Gasteiger partial charge on any atom is -0.402 e. The highest BCUT2D eigenvalue weighted by Crippen LogP contribution is 2.44. The minimum atomic E-state index is -4.36. The van der Waals surface area contributed by atoms with Crippen LogP contribution in [0.15, 0.2) is 12.7 Å². The van der Waals surface area contributed by atoms with Gasteiger partial charge in [0.25, 0.3) is 0 Å². The SMILES string of the molecule is C=CC(=O)OC(COP(=O)(O)OCC[N+](C)(C)C)(OCC)OCC. The smallest absolute Gasteiger partial charge is 0.402 e. The van der Waals surface area contributed by atoms with Crippen molar-refractivity contribution in [2.75, 3.05) is 54.1 Å². The van der Waals surface area contributed by atoms with Gasteiger partial charge in [-0.2, -0.15) is 0 Å². The Kier molecular flexibility index (Phi) is 9.91. The van der Waals surface area contributed by atoms with Crippen LogP contribution in [0.5, 0.6) is 0 Å². The molecule has 0 aliphatic rings. The maximum atomic E-state index is 11.9. The van der Waals surface area contributed by atoms with Gasteiger partial charge in [-0.05, 0) is 13.8 Å². The van der Waals surface area contributed by atoms with Gasteiger partial charge >= 0.3 is 19.8 Å². The summed E-state index contributed by atoms with van der Waals surface area (Å²) >= 11 is 0. The van der Waals surface area contributed by atoms with E-state index in [1.165, 1.54) is 0 Å². The van der Waals surface area contributed by atoms with Gasteiger partial charge in [0.1, 0.15) is 13.2 Å². The van der Waals surface area contributed by atoms with Crippen LogP contribution in [0.1, 0.15) is 13.8 Å². The standard InChI is InChI=1S/C14H28NO8P/c1-7-13(16)23-14(19-8-2,20-9-3)12-22-24(17,18)21-11-10-15(4,5)6/h7H,1,8-12H2,2-6H3/p+1. The molecule has 0 aliphatic carbocycles. The average Bonchev–Trinajstić information content (AvgIpc) is 2.44. The molecular weight excluding hydrogens is 341 g/mol. The first-order valence-electron chi connectivity index (χ1n) is 7.55. The number of phosphoric ester groups is 1. The summed E-state index contributed by atoms with van der Waals surface area (Å²) in [5.41, 5.74) is 0. The Balaban J connectivity index is 4.85. The van der Waals surface area contributed by atoms with Crippen molar-refractivity contribution in [2.45, 2.75) is 19.8 Å². The molecule has 0 spiro atoms. The zero-order valence-electron chi connectivity index (χ0n) is 15.0. The van der Waals surface area contributed by atoms with E-state index in [1.54, 1.807) is 13.8 Å². The molecule has 0 heterocycles. The molecule has 142 valence electrons. The maximum Gasteiger partial charge on any atom is 0.472 e. The number of likely N-dealkylation sites (N-methyl/N-ethyl adjacent to an activating group) is 1. The summed E-state index contributed by atoms with van der Waals surface area (Å²) in [6, 6.07) is 0. The molecule has 1 unspecified atom stereocenters. The van der Waals surface area contributed by atoms with Crippen molar-refractivity contribution in [2.24, 2.45) is 0 Å². The molecule has 0 radical (unpaired) electrons. The number of hydrogen-bond acceptors (Lipinski definition) is 7. The Labute approximate surface area is 143 Å². The third kappa shape index (κ3) is 10.1. The Bertz CT molecular complexity index is 443. The molecule has 0 aromatic carbocycles. The van der Waals surface area contributed by atoms with Crippen LogP contribution in [0.25, 0.3) is 0 Å². The number of esters is 1. The molecule has 0 aliphatic heterocycles. The van der Waals surface area contributed by atoms with E-state index in [1.807, 2.05) is 21.1 Å². The van der Waals surface area contributed by atoms with Crippen LogP contribution in [-0.2, 0) is 32.6 Å². The van der Waals surface area contributed by atoms with E-state index in [0.29, 0.717) is 11.0 Å². The minimum absolute atomic E-state index is 0.0139. The van der Waals surface area contributed by atoms with Crippen LogP contribution >= 0.6 is 7.82 Å². The zero-order valence-corrected chi connectivity index (χ0v) is 15.9. The summed E-state index contributed by atoms with van der Waals surface area (Å²) in [7, 11) is 1.38. The number of rotatable bonds is 13. The number of nitrogens with zero attached hydrogens (tertiary/aromatic N) is 1. The molecule has 0 aromatic rings. The van der Waals surface area contributed by atoms with Crippen molar-refractivity contribution in [3.05, 3.63) is 12.7 Å². The zero-order chi connectivity index (χ0) is 18.9. The largest absolute Gasteiger partial charge is 0.472 e. The van der Waals surface area contributed by atoms with Crippen LogP contribution in [-0.4, -0.2) is 75.4 Å². The van der Waals surface area contributed by atoms with E-state index in [9.17, 15) is 14.3 Å². The van der Waals surface area contributed by atoms with Crippen molar-refractivity contribution in [3.63, 3.8) is 0 Å². The maximum absolute atomic E-state index is 11.9. The van der Waals surface area contributed by atoms with Gasteiger partial charge in [-0.1, -0.05) is 6.58 Å². The van der Waals surface area contributed by atoms with Gasteiger partial charge in [-0.15, -0.1) is 0 Å². The monoisotopic (exact) mass is 370 g/mol.